The molecule has 22 heavy (non-hydrogen) atoms. The summed E-state index contributed by atoms with van der Waals surface area (Å²) in [4.78, 5) is 0. The van der Waals surface area contributed by atoms with Gasteiger partial charge in [0.25, 0.3) is 0 Å². The molecule has 0 spiro atoms. The van der Waals surface area contributed by atoms with E-state index in [2.05, 4.69) is 31.7 Å². The first-order valence-corrected chi connectivity index (χ1v) is 12.4. The molecule has 0 saturated carbocycles. The van der Waals surface area contributed by atoms with Crippen molar-refractivity contribution in [2.75, 3.05) is 0 Å². The summed E-state index contributed by atoms with van der Waals surface area (Å²) in [5.74, 6) is 0. The van der Waals surface area contributed by atoms with Crippen LogP contribution >= 0.6 is 0 Å². The van der Waals surface area contributed by atoms with Gasteiger partial charge in [-0.2, -0.15) is 0 Å². The fraction of sp³-hybridized carbons (Fsp3) is 0.875. The lowest BCUT2D eigenvalue weighted by molar-refractivity contribution is 0.0966. The van der Waals surface area contributed by atoms with E-state index in [0.29, 0.717) is 0 Å². The minimum absolute atomic E-state index is 0.0606. The Labute approximate surface area is 139 Å². The molecule has 0 aromatic carbocycles. The fourth-order valence-electron chi connectivity index (χ4n) is 2.63. The standard InChI is InChI=1S/C16H33NO3SSi/c1-13(2)20-22(6,7)12-14(15-10-8-9-11-19-15)17-21(18)16(3,4)5/h9,11,13-15,17H,8,10,12H2,1-7H3. The molecular formula is C16H33NO3SSi. The molecule has 1 N–H and O–H groups in total. The van der Waals surface area contributed by atoms with Crippen molar-refractivity contribution in [3.05, 3.63) is 12.3 Å². The highest BCUT2D eigenvalue weighted by Crippen LogP contribution is 2.24. The Bertz CT molecular complexity index is 405. The zero-order valence-electron chi connectivity index (χ0n) is 15.1. The van der Waals surface area contributed by atoms with E-state index >= 15 is 0 Å². The molecule has 1 heterocycles. The van der Waals surface area contributed by atoms with Gasteiger partial charge in [-0.25, -0.2) is 8.93 Å². The Morgan fingerprint density at radius 1 is 1.41 bits per heavy atom. The summed E-state index contributed by atoms with van der Waals surface area (Å²) in [6.45, 7) is 14.6. The predicted octanol–water partition coefficient (Wildman–Crippen LogP) is 3.73. The summed E-state index contributed by atoms with van der Waals surface area (Å²) in [6.07, 6.45) is 6.09. The largest absolute Gasteiger partial charge is 0.497 e. The molecule has 1 aliphatic rings. The molecule has 0 saturated heterocycles. The van der Waals surface area contributed by atoms with Gasteiger partial charge in [0.2, 0.25) is 0 Å². The van der Waals surface area contributed by atoms with Gasteiger partial charge in [0.1, 0.15) is 6.10 Å². The lowest BCUT2D eigenvalue weighted by Crippen LogP contribution is -2.51. The van der Waals surface area contributed by atoms with Crippen LogP contribution in [-0.4, -0.2) is 35.5 Å². The zero-order chi connectivity index (χ0) is 17.0. The topological polar surface area (TPSA) is 47.6 Å². The van der Waals surface area contributed by atoms with E-state index in [-0.39, 0.29) is 23.0 Å². The molecule has 3 unspecified atom stereocenters. The Balaban J connectivity index is 2.82. The van der Waals surface area contributed by atoms with Crippen LogP contribution in [-0.2, 0) is 20.1 Å². The Morgan fingerprint density at radius 2 is 2.05 bits per heavy atom. The van der Waals surface area contributed by atoms with E-state index in [1.54, 1.807) is 6.26 Å². The summed E-state index contributed by atoms with van der Waals surface area (Å²) < 4.78 is 27.5. The molecule has 1 rings (SSSR count). The van der Waals surface area contributed by atoms with E-state index in [0.717, 1.165) is 18.9 Å². The van der Waals surface area contributed by atoms with Crippen molar-refractivity contribution in [3.63, 3.8) is 0 Å². The second-order valence-electron chi connectivity index (χ2n) is 7.86. The molecule has 1 aliphatic heterocycles. The summed E-state index contributed by atoms with van der Waals surface area (Å²) in [5, 5.41) is 0. The van der Waals surface area contributed by atoms with E-state index in [1.165, 1.54) is 0 Å². The minimum atomic E-state index is -1.84. The highest BCUT2D eigenvalue weighted by molar-refractivity contribution is 7.84. The maximum Gasteiger partial charge on any atom is 0.188 e. The molecule has 0 aromatic heterocycles. The summed E-state index contributed by atoms with van der Waals surface area (Å²) in [7, 11) is -2.94. The number of rotatable bonds is 7. The molecule has 0 bridgehead atoms. The number of hydrogen-bond acceptors (Lipinski definition) is 3. The normalized spacial score (nSPS) is 22.5. The lowest BCUT2D eigenvalue weighted by atomic mass is 10.1. The average Bonchev–Trinajstić information content (AvgIpc) is 2.35. The zero-order valence-corrected chi connectivity index (χ0v) is 17.0. The fourth-order valence-corrected chi connectivity index (χ4v) is 6.44. The first-order valence-electron chi connectivity index (χ1n) is 8.17. The van der Waals surface area contributed by atoms with Gasteiger partial charge in [0.15, 0.2) is 8.32 Å². The van der Waals surface area contributed by atoms with Crippen LogP contribution in [0.3, 0.4) is 0 Å². The summed E-state index contributed by atoms with van der Waals surface area (Å²) in [5.41, 5.74) is 0. The molecule has 0 fully saturated rings. The van der Waals surface area contributed by atoms with E-state index in [9.17, 15) is 4.21 Å². The number of nitrogens with one attached hydrogen (secondary N) is 1. The van der Waals surface area contributed by atoms with Crippen molar-refractivity contribution in [1.29, 1.82) is 0 Å². The van der Waals surface area contributed by atoms with Crippen LogP contribution < -0.4 is 4.72 Å². The minimum Gasteiger partial charge on any atom is -0.497 e. The maximum absolute atomic E-state index is 12.5. The lowest BCUT2D eigenvalue weighted by Gasteiger charge is -2.36. The van der Waals surface area contributed by atoms with Crippen molar-refractivity contribution < 1.29 is 13.4 Å². The first kappa shape index (κ1) is 19.9. The van der Waals surface area contributed by atoms with Crippen LogP contribution in [0.1, 0.15) is 47.5 Å². The number of ether oxygens (including phenoxy) is 1. The third kappa shape index (κ3) is 6.94. The monoisotopic (exact) mass is 347 g/mol. The summed E-state index contributed by atoms with van der Waals surface area (Å²) >= 11 is 0. The van der Waals surface area contributed by atoms with Gasteiger partial charge in [-0.15, -0.1) is 0 Å². The van der Waals surface area contributed by atoms with Crippen molar-refractivity contribution in [2.45, 2.75) is 89.6 Å². The van der Waals surface area contributed by atoms with Gasteiger partial charge in [0.05, 0.1) is 28.0 Å². The Morgan fingerprint density at radius 3 is 2.50 bits per heavy atom. The van der Waals surface area contributed by atoms with E-state index < -0.39 is 19.3 Å². The van der Waals surface area contributed by atoms with Gasteiger partial charge in [-0.1, -0.05) is 0 Å². The second kappa shape index (κ2) is 8.08. The Kier molecular flexibility index (Phi) is 7.30. The summed E-state index contributed by atoms with van der Waals surface area (Å²) in [6, 6.07) is 0.955. The number of allylic oxidation sites excluding steroid dienone is 1. The van der Waals surface area contributed by atoms with E-state index in [1.807, 2.05) is 26.8 Å². The molecule has 6 heteroatoms. The molecule has 3 atom stereocenters. The SMILES string of the molecule is CC(C)O[Si](C)(C)CC(NS(=O)C(C)(C)C)C1CCC=CO1. The molecule has 4 nitrogen and oxygen atoms in total. The molecule has 0 aliphatic carbocycles. The van der Waals surface area contributed by atoms with Crippen molar-refractivity contribution in [2.24, 2.45) is 0 Å². The highest BCUT2D eigenvalue weighted by Gasteiger charge is 2.36. The van der Waals surface area contributed by atoms with Gasteiger partial charge >= 0.3 is 0 Å². The molecular weight excluding hydrogens is 314 g/mol. The molecule has 0 radical (unpaired) electrons. The van der Waals surface area contributed by atoms with Gasteiger partial charge in [-0.05, 0) is 72.7 Å². The van der Waals surface area contributed by atoms with Gasteiger partial charge in [0, 0.05) is 6.10 Å². The van der Waals surface area contributed by atoms with Crippen molar-refractivity contribution in [3.8, 4) is 0 Å². The maximum atomic E-state index is 12.5. The van der Waals surface area contributed by atoms with Crippen molar-refractivity contribution in [1.82, 2.24) is 4.72 Å². The van der Waals surface area contributed by atoms with Gasteiger partial charge in [-0.3, -0.25) is 0 Å². The van der Waals surface area contributed by atoms with Crippen LogP contribution in [0.15, 0.2) is 12.3 Å². The predicted molar refractivity (Wildman–Crippen MR) is 96.6 cm³/mol. The van der Waals surface area contributed by atoms with Crippen LogP contribution in [0.5, 0.6) is 0 Å². The van der Waals surface area contributed by atoms with Crippen LogP contribution in [0, 0.1) is 0 Å². The molecule has 0 aromatic rings. The third-order valence-electron chi connectivity index (χ3n) is 3.50. The Hall–Kier alpha value is -0.173. The molecule has 130 valence electrons. The van der Waals surface area contributed by atoms with Crippen LogP contribution in [0.25, 0.3) is 0 Å². The second-order valence-corrected chi connectivity index (χ2v) is 14.0. The van der Waals surface area contributed by atoms with E-state index in [4.69, 9.17) is 9.16 Å². The quantitative estimate of drug-likeness (QED) is 0.714. The molecule has 0 amide bonds. The van der Waals surface area contributed by atoms with Crippen molar-refractivity contribution >= 4 is 19.3 Å². The van der Waals surface area contributed by atoms with Crippen LogP contribution in [0.2, 0.25) is 19.1 Å². The first-order chi connectivity index (χ1) is 10.0. The smallest absolute Gasteiger partial charge is 0.188 e. The number of hydrogen-bond donors (Lipinski definition) is 1. The third-order valence-corrected chi connectivity index (χ3v) is 7.66. The highest BCUT2D eigenvalue weighted by atomic mass is 32.2. The van der Waals surface area contributed by atoms with Crippen LogP contribution in [0.4, 0.5) is 0 Å². The van der Waals surface area contributed by atoms with Gasteiger partial charge < -0.3 is 9.16 Å². The average molecular weight is 348 g/mol.